The Morgan fingerprint density at radius 1 is 1.28 bits per heavy atom. The van der Waals surface area contributed by atoms with Gasteiger partial charge in [-0.3, -0.25) is 0 Å². The van der Waals surface area contributed by atoms with Crippen molar-refractivity contribution in [2.24, 2.45) is 5.92 Å². The first-order valence-corrected chi connectivity index (χ1v) is 7.74. The monoisotopic (exact) mass is 288 g/mol. The van der Waals surface area contributed by atoms with E-state index < -0.39 is 0 Å². The fourth-order valence-corrected chi connectivity index (χ4v) is 3.27. The molecule has 0 saturated carbocycles. The van der Waals surface area contributed by atoms with Gasteiger partial charge in [0.15, 0.2) is 0 Å². The zero-order valence-corrected chi connectivity index (χ0v) is 13.6. The van der Waals surface area contributed by atoms with Crippen molar-refractivity contribution in [1.29, 1.82) is 0 Å². The van der Waals surface area contributed by atoms with Gasteiger partial charge in [0.1, 0.15) is 0 Å². The van der Waals surface area contributed by atoms with Crippen molar-refractivity contribution in [2.75, 3.05) is 20.6 Å². The van der Waals surface area contributed by atoms with Gasteiger partial charge in [0.05, 0.1) is 4.34 Å². The highest BCUT2D eigenvalue weighted by Gasteiger charge is 2.16. The topological polar surface area (TPSA) is 15.3 Å². The number of thiophene rings is 1. The van der Waals surface area contributed by atoms with Gasteiger partial charge in [0, 0.05) is 23.5 Å². The molecule has 1 heterocycles. The molecule has 0 aromatic carbocycles. The maximum absolute atomic E-state index is 5.99. The zero-order valence-electron chi connectivity index (χ0n) is 12.0. The molecule has 2 atom stereocenters. The molecule has 1 aromatic heterocycles. The summed E-state index contributed by atoms with van der Waals surface area (Å²) in [6.45, 7) is 7.83. The van der Waals surface area contributed by atoms with E-state index in [-0.39, 0.29) is 0 Å². The first-order valence-electron chi connectivity index (χ1n) is 6.54. The first kappa shape index (κ1) is 16.0. The summed E-state index contributed by atoms with van der Waals surface area (Å²) in [5.41, 5.74) is 0. The molecule has 2 unspecified atom stereocenters. The number of hydrogen-bond donors (Lipinski definition) is 1. The van der Waals surface area contributed by atoms with Crippen LogP contribution in [0.2, 0.25) is 4.34 Å². The van der Waals surface area contributed by atoms with Crippen LogP contribution in [0, 0.1) is 5.92 Å². The summed E-state index contributed by atoms with van der Waals surface area (Å²) in [5.74, 6) is 0.710. The predicted octanol–water partition coefficient (Wildman–Crippen LogP) is 4.03. The lowest BCUT2D eigenvalue weighted by Gasteiger charge is -2.27. The molecular weight excluding hydrogens is 264 g/mol. The van der Waals surface area contributed by atoms with Crippen LogP contribution in [0.25, 0.3) is 0 Å². The van der Waals surface area contributed by atoms with Gasteiger partial charge in [-0.15, -0.1) is 11.3 Å². The molecule has 2 nitrogen and oxygen atoms in total. The third-order valence-electron chi connectivity index (χ3n) is 2.85. The third-order valence-corrected chi connectivity index (χ3v) is 4.26. The maximum Gasteiger partial charge on any atom is 0.0931 e. The van der Waals surface area contributed by atoms with E-state index in [9.17, 15) is 0 Å². The quantitative estimate of drug-likeness (QED) is 0.815. The number of halogens is 1. The van der Waals surface area contributed by atoms with E-state index in [1.807, 2.05) is 6.07 Å². The molecular formula is C14H25ClN2S. The third kappa shape index (κ3) is 5.70. The molecule has 1 N–H and O–H groups in total. The van der Waals surface area contributed by atoms with Crippen LogP contribution in [0.3, 0.4) is 0 Å². The molecule has 0 amide bonds. The second-order valence-electron chi connectivity index (χ2n) is 5.62. The lowest BCUT2D eigenvalue weighted by Crippen LogP contribution is -2.40. The minimum atomic E-state index is 0.367. The summed E-state index contributed by atoms with van der Waals surface area (Å²) in [6, 6.07) is 4.98. The van der Waals surface area contributed by atoms with Gasteiger partial charge in [-0.05, 0) is 45.5 Å². The Balaban J connectivity index is 2.58. The largest absolute Gasteiger partial charge is 0.308 e. The van der Waals surface area contributed by atoms with Crippen molar-refractivity contribution in [2.45, 2.75) is 39.3 Å². The molecule has 0 fully saturated rings. The van der Waals surface area contributed by atoms with Crippen molar-refractivity contribution in [3.05, 3.63) is 21.3 Å². The van der Waals surface area contributed by atoms with Crippen LogP contribution in [-0.2, 0) is 0 Å². The maximum atomic E-state index is 5.99. The number of hydrogen-bond acceptors (Lipinski definition) is 3. The van der Waals surface area contributed by atoms with Crippen molar-refractivity contribution < 1.29 is 0 Å². The molecule has 0 aliphatic carbocycles. The lowest BCUT2D eigenvalue weighted by atomic mass is 10.0. The van der Waals surface area contributed by atoms with Gasteiger partial charge in [-0.25, -0.2) is 0 Å². The van der Waals surface area contributed by atoms with Gasteiger partial charge in [0.2, 0.25) is 0 Å². The molecule has 104 valence electrons. The Labute approximate surface area is 120 Å². The van der Waals surface area contributed by atoms with E-state index in [1.165, 1.54) is 11.3 Å². The molecule has 0 aliphatic rings. The molecule has 1 aromatic rings. The SMILES string of the molecule is CC(C)CC(CN(C)C)NC(C)c1ccc(Cl)s1. The Bertz CT molecular complexity index is 339. The summed E-state index contributed by atoms with van der Waals surface area (Å²) in [7, 11) is 4.25. The highest BCUT2D eigenvalue weighted by molar-refractivity contribution is 7.16. The lowest BCUT2D eigenvalue weighted by molar-refractivity contribution is 0.292. The number of nitrogens with zero attached hydrogens (tertiary/aromatic N) is 1. The Morgan fingerprint density at radius 3 is 2.39 bits per heavy atom. The number of likely N-dealkylation sites (N-methyl/N-ethyl adjacent to an activating group) is 1. The van der Waals surface area contributed by atoms with Crippen molar-refractivity contribution in [1.82, 2.24) is 10.2 Å². The molecule has 0 saturated heterocycles. The Kier molecular flexibility index (Phi) is 6.64. The predicted molar refractivity (Wildman–Crippen MR) is 82.7 cm³/mol. The molecule has 0 bridgehead atoms. The van der Waals surface area contributed by atoms with Crippen LogP contribution in [0.5, 0.6) is 0 Å². The van der Waals surface area contributed by atoms with E-state index in [4.69, 9.17) is 11.6 Å². The Morgan fingerprint density at radius 2 is 1.94 bits per heavy atom. The van der Waals surface area contributed by atoms with Crippen molar-refractivity contribution >= 4 is 22.9 Å². The van der Waals surface area contributed by atoms with Crippen molar-refractivity contribution in [3.8, 4) is 0 Å². The van der Waals surface area contributed by atoms with Crippen LogP contribution in [0.1, 0.15) is 38.1 Å². The fraction of sp³-hybridized carbons (Fsp3) is 0.714. The zero-order chi connectivity index (χ0) is 13.7. The average molecular weight is 289 g/mol. The molecule has 4 heteroatoms. The average Bonchev–Trinajstić information content (AvgIpc) is 2.62. The molecule has 1 rings (SSSR count). The van der Waals surface area contributed by atoms with Crippen LogP contribution >= 0.6 is 22.9 Å². The van der Waals surface area contributed by atoms with Crippen LogP contribution in [0.4, 0.5) is 0 Å². The molecule has 0 aliphatic heterocycles. The van der Waals surface area contributed by atoms with E-state index in [0.717, 1.165) is 10.9 Å². The minimum Gasteiger partial charge on any atom is -0.308 e. The molecule has 18 heavy (non-hydrogen) atoms. The first-order chi connectivity index (χ1) is 8.38. The van der Waals surface area contributed by atoms with Gasteiger partial charge >= 0.3 is 0 Å². The van der Waals surface area contributed by atoms with Gasteiger partial charge < -0.3 is 10.2 Å². The number of rotatable bonds is 7. The summed E-state index contributed by atoms with van der Waals surface area (Å²) in [4.78, 5) is 3.56. The van der Waals surface area contributed by atoms with Gasteiger partial charge in [-0.2, -0.15) is 0 Å². The van der Waals surface area contributed by atoms with Crippen LogP contribution in [0.15, 0.2) is 12.1 Å². The van der Waals surface area contributed by atoms with Gasteiger partial charge in [-0.1, -0.05) is 25.4 Å². The summed E-state index contributed by atoms with van der Waals surface area (Å²) >= 11 is 7.66. The van der Waals surface area contributed by atoms with E-state index in [2.05, 4.69) is 51.1 Å². The van der Waals surface area contributed by atoms with Crippen LogP contribution < -0.4 is 5.32 Å². The van der Waals surface area contributed by atoms with Crippen molar-refractivity contribution in [3.63, 3.8) is 0 Å². The summed E-state index contributed by atoms with van der Waals surface area (Å²) in [5, 5.41) is 3.72. The van der Waals surface area contributed by atoms with E-state index in [0.29, 0.717) is 18.0 Å². The van der Waals surface area contributed by atoms with E-state index in [1.54, 1.807) is 11.3 Å². The Hall–Kier alpha value is -0.0900. The summed E-state index contributed by atoms with van der Waals surface area (Å²) in [6.07, 6.45) is 1.20. The van der Waals surface area contributed by atoms with E-state index >= 15 is 0 Å². The molecule has 0 radical (unpaired) electrons. The standard InChI is InChI=1S/C14H25ClN2S/c1-10(2)8-12(9-17(4)5)16-11(3)13-6-7-14(15)18-13/h6-7,10-12,16H,8-9H2,1-5H3. The van der Waals surface area contributed by atoms with Gasteiger partial charge in [0.25, 0.3) is 0 Å². The summed E-state index contributed by atoms with van der Waals surface area (Å²) < 4.78 is 0.867. The van der Waals surface area contributed by atoms with Crippen LogP contribution in [-0.4, -0.2) is 31.6 Å². The second kappa shape index (κ2) is 7.49. The number of nitrogens with one attached hydrogen (secondary N) is 1. The molecule has 0 spiro atoms. The highest BCUT2D eigenvalue weighted by atomic mass is 35.5. The smallest absolute Gasteiger partial charge is 0.0931 e. The normalized spacial score (nSPS) is 15.3. The second-order valence-corrected chi connectivity index (χ2v) is 7.37. The minimum absolute atomic E-state index is 0.367. The highest BCUT2D eigenvalue weighted by Crippen LogP contribution is 2.27. The fourth-order valence-electron chi connectivity index (χ4n) is 2.20.